The topological polar surface area (TPSA) is 61.9 Å². The Bertz CT molecular complexity index is 453. The lowest BCUT2D eigenvalue weighted by Crippen LogP contribution is -2.47. The maximum Gasteiger partial charge on any atom is 0.279 e. The quantitative estimate of drug-likeness (QED) is 0.817. The van der Waals surface area contributed by atoms with Gasteiger partial charge in [0, 0.05) is 38.8 Å². The highest BCUT2D eigenvalue weighted by Gasteiger charge is 2.32. The van der Waals surface area contributed by atoms with E-state index in [2.05, 4.69) is 30.4 Å². The van der Waals surface area contributed by atoms with Crippen molar-refractivity contribution in [1.82, 2.24) is 13.9 Å². The SMILES string of the molecule is COC1CCN(S(=O)(=O)NCC2CCN(C(C)(C)C)C2)CC1. The second-order valence-corrected chi connectivity index (χ2v) is 9.21. The number of nitrogens with one attached hydrogen (secondary N) is 1. The van der Waals surface area contributed by atoms with Crippen LogP contribution in [0.4, 0.5) is 0 Å². The van der Waals surface area contributed by atoms with Gasteiger partial charge in [0.2, 0.25) is 0 Å². The second-order valence-electron chi connectivity index (χ2n) is 7.46. The predicted octanol–water partition coefficient (Wildman–Crippen LogP) is 1.05. The Balaban J connectivity index is 1.79. The first-order valence-electron chi connectivity index (χ1n) is 8.25. The number of piperidine rings is 1. The molecule has 7 heteroatoms. The van der Waals surface area contributed by atoms with Gasteiger partial charge in [-0.1, -0.05) is 0 Å². The molecule has 22 heavy (non-hydrogen) atoms. The molecule has 2 rings (SSSR count). The zero-order valence-corrected chi connectivity index (χ0v) is 15.2. The van der Waals surface area contributed by atoms with Gasteiger partial charge in [0.15, 0.2) is 0 Å². The van der Waals surface area contributed by atoms with Crippen LogP contribution in [0.25, 0.3) is 0 Å². The van der Waals surface area contributed by atoms with Crippen LogP contribution in [0.5, 0.6) is 0 Å². The molecule has 2 heterocycles. The van der Waals surface area contributed by atoms with Gasteiger partial charge in [-0.25, -0.2) is 4.72 Å². The molecule has 2 aliphatic heterocycles. The Kier molecular flexibility index (Phi) is 5.88. The van der Waals surface area contributed by atoms with Crippen LogP contribution in [0.15, 0.2) is 0 Å². The van der Waals surface area contributed by atoms with Crippen molar-refractivity contribution in [3.05, 3.63) is 0 Å². The van der Waals surface area contributed by atoms with Crippen LogP contribution in [0.3, 0.4) is 0 Å². The van der Waals surface area contributed by atoms with Gasteiger partial charge in [-0.05, 0) is 52.5 Å². The monoisotopic (exact) mass is 333 g/mol. The molecule has 0 bridgehead atoms. The highest BCUT2D eigenvalue weighted by molar-refractivity contribution is 7.87. The van der Waals surface area contributed by atoms with Crippen molar-refractivity contribution in [3.63, 3.8) is 0 Å². The van der Waals surface area contributed by atoms with E-state index in [1.54, 1.807) is 11.4 Å². The third-order valence-corrected chi connectivity index (χ3v) is 6.44. The van der Waals surface area contributed by atoms with Gasteiger partial charge in [0.1, 0.15) is 0 Å². The molecule has 0 aromatic carbocycles. The van der Waals surface area contributed by atoms with E-state index in [0.29, 0.717) is 25.6 Å². The largest absolute Gasteiger partial charge is 0.381 e. The molecule has 1 unspecified atom stereocenters. The van der Waals surface area contributed by atoms with Crippen molar-refractivity contribution in [2.45, 2.75) is 51.7 Å². The first-order valence-corrected chi connectivity index (χ1v) is 9.69. The van der Waals surface area contributed by atoms with Gasteiger partial charge in [0.25, 0.3) is 10.2 Å². The average molecular weight is 333 g/mol. The summed E-state index contributed by atoms with van der Waals surface area (Å²) in [4.78, 5) is 2.43. The van der Waals surface area contributed by atoms with Crippen molar-refractivity contribution in [2.24, 2.45) is 5.92 Å². The van der Waals surface area contributed by atoms with Crippen LogP contribution in [0, 0.1) is 5.92 Å². The Labute approximate surface area is 135 Å². The zero-order chi connectivity index (χ0) is 16.4. The van der Waals surface area contributed by atoms with Gasteiger partial charge in [0.05, 0.1) is 6.10 Å². The molecule has 2 saturated heterocycles. The van der Waals surface area contributed by atoms with Crippen LogP contribution >= 0.6 is 0 Å². The minimum absolute atomic E-state index is 0.162. The molecule has 130 valence electrons. The minimum atomic E-state index is -3.35. The van der Waals surface area contributed by atoms with Crippen molar-refractivity contribution in [2.75, 3.05) is 39.8 Å². The fourth-order valence-electron chi connectivity index (χ4n) is 3.23. The van der Waals surface area contributed by atoms with Crippen molar-refractivity contribution >= 4 is 10.2 Å². The van der Waals surface area contributed by atoms with Crippen molar-refractivity contribution in [1.29, 1.82) is 0 Å². The standard InChI is InChI=1S/C15H31N3O3S/c1-15(2,3)17-8-5-13(12-17)11-16-22(19,20)18-9-6-14(21-4)7-10-18/h13-14,16H,5-12H2,1-4H3. The molecule has 0 radical (unpaired) electrons. The van der Waals surface area contributed by atoms with Gasteiger partial charge >= 0.3 is 0 Å². The molecule has 1 atom stereocenters. The lowest BCUT2D eigenvalue weighted by molar-refractivity contribution is 0.0601. The third kappa shape index (κ3) is 4.64. The third-order valence-electron chi connectivity index (χ3n) is 4.86. The maximum absolute atomic E-state index is 12.4. The van der Waals surface area contributed by atoms with Gasteiger partial charge in [-0.3, -0.25) is 4.90 Å². The molecule has 0 amide bonds. The zero-order valence-electron chi connectivity index (χ0n) is 14.3. The van der Waals surface area contributed by atoms with Crippen LogP contribution in [-0.2, 0) is 14.9 Å². The summed E-state index contributed by atoms with van der Waals surface area (Å²) >= 11 is 0. The van der Waals surface area contributed by atoms with E-state index in [9.17, 15) is 8.42 Å². The fraction of sp³-hybridized carbons (Fsp3) is 1.00. The highest BCUT2D eigenvalue weighted by Crippen LogP contribution is 2.24. The molecule has 1 N–H and O–H groups in total. The predicted molar refractivity (Wildman–Crippen MR) is 88.0 cm³/mol. The van der Waals surface area contributed by atoms with Crippen LogP contribution < -0.4 is 4.72 Å². The Morgan fingerprint density at radius 2 is 1.77 bits per heavy atom. The summed E-state index contributed by atoms with van der Waals surface area (Å²) in [6.07, 6.45) is 2.81. The lowest BCUT2D eigenvalue weighted by Gasteiger charge is -2.32. The van der Waals surface area contributed by atoms with Crippen LogP contribution in [0.2, 0.25) is 0 Å². The number of nitrogens with zero attached hydrogens (tertiary/aromatic N) is 2. The molecule has 2 fully saturated rings. The van der Waals surface area contributed by atoms with E-state index in [4.69, 9.17) is 4.74 Å². The Hall–Kier alpha value is -0.210. The molecule has 0 spiro atoms. The molecule has 0 aromatic heterocycles. The Morgan fingerprint density at radius 3 is 2.27 bits per heavy atom. The summed E-state index contributed by atoms with van der Waals surface area (Å²) in [5, 5.41) is 0. The highest BCUT2D eigenvalue weighted by atomic mass is 32.2. The fourth-order valence-corrected chi connectivity index (χ4v) is 4.55. The first-order chi connectivity index (χ1) is 10.2. The molecule has 0 aromatic rings. The first kappa shape index (κ1) is 18.1. The lowest BCUT2D eigenvalue weighted by atomic mass is 10.1. The second kappa shape index (κ2) is 7.13. The average Bonchev–Trinajstić information content (AvgIpc) is 2.94. The minimum Gasteiger partial charge on any atom is -0.381 e. The Morgan fingerprint density at radius 1 is 1.14 bits per heavy atom. The summed E-state index contributed by atoms with van der Waals surface area (Å²) in [6, 6.07) is 0. The molecular weight excluding hydrogens is 302 g/mol. The van der Waals surface area contributed by atoms with Crippen LogP contribution in [-0.4, -0.2) is 69.1 Å². The summed E-state index contributed by atoms with van der Waals surface area (Å²) < 4.78 is 34.4. The van der Waals surface area contributed by atoms with E-state index < -0.39 is 10.2 Å². The summed E-state index contributed by atoms with van der Waals surface area (Å²) in [6.45, 7) is 10.3. The molecular formula is C15H31N3O3S. The smallest absolute Gasteiger partial charge is 0.279 e. The van der Waals surface area contributed by atoms with E-state index >= 15 is 0 Å². The summed E-state index contributed by atoms with van der Waals surface area (Å²) in [5.41, 5.74) is 0.162. The molecule has 6 nitrogen and oxygen atoms in total. The number of hydrogen-bond acceptors (Lipinski definition) is 4. The van der Waals surface area contributed by atoms with Gasteiger partial charge in [-0.15, -0.1) is 0 Å². The normalized spacial score (nSPS) is 26.6. The van der Waals surface area contributed by atoms with Crippen molar-refractivity contribution in [3.8, 4) is 0 Å². The number of hydrogen-bond donors (Lipinski definition) is 1. The van der Waals surface area contributed by atoms with Gasteiger partial charge < -0.3 is 4.74 Å². The van der Waals surface area contributed by atoms with Crippen molar-refractivity contribution < 1.29 is 13.2 Å². The summed E-state index contributed by atoms with van der Waals surface area (Å²) in [5.74, 6) is 0.408. The van der Waals surface area contributed by atoms with Crippen LogP contribution in [0.1, 0.15) is 40.0 Å². The number of rotatable bonds is 5. The molecule has 0 saturated carbocycles. The molecule has 2 aliphatic rings. The maximum atomic E-state index is 12.4. The number of likely N-dealkylation sites (tertiary alicyclic amines) is 1. The van der Waals surface area contributed by atoms with E-state index in [1.807, 2.05) is 0 Å². The van der Waals surface area contributed by atoms with E-state index in [1.165, 1.54) is 0 Å². The van der Waals surface area contributed by atoms with Gasteiger partial charge in [-0.2, -0.15) is 12.7 Å². The number of ether oxygens (including phenoxy) is 1. The van der Waals surface area contributed by atoms with E-state index in [-0.39, 0.29) is 11.6 Å². The van der Waals surface area contributed by atoms with E-state index in [0.717, 1.165) is 32.4 Å². The number of methoxy groups -OCH3 is 1. The summed E-state index contributed by atoms with van der Waals surface area (Å²) in [7, 11) is -1.66. The molecule has 0 aliphatic carbocycles.